The minimum absolute atomic E-state index is 0.00562. The van der Waals surface area contributed by atoms with Crippen LogP contribution in [-0.2, 0) is 40.4 Å². The van der Waals surface area contributed by atoms with Gasteiger partial charge in [0, 0.05) is 20.0 Å². The summed E-state index contributed by atoms with van der Waals surface area (Å²) in [5, 5.41) is 10.2. The minimum Gasteiger partial charge on any atom is -0.481 e. The molecule has 0 fully saturated rings. The fourth-order valence-electron chi connectivity index (χ4n) is 4.37. The zero-order valence-electron chi connectivity index (χ0n) is 25.1. The van der Waals surface area contributed by atoms with Crippen molar-refractivity contribution >= 4 is 30.1 Å². The molecule has 0 unspecified atom stereocenters. The van der Waals surface area contributed by atoms with Crippen molar-refractivity contribution in [3.8, 4) is 0 Å². The maximum absolute atomic E-state index is 12.9. The lowest BCUT2D eigenvalue weighted by Crippen LogP contribution is -2.42. The zero-order chi connectivity index (χ0) is 29.6. The third-order valence-electron chi connectivity index (χ3n) is 7.73. The highest BCUT2D eigenvalue weighted by Crippen LogP contribution is 2.37. The summed E-state index contributed by atoms with van der Waals surface area (Å²) < 4.78 is 37.0. The molecule has 0 heterocycles. The van der Waals surface area contributed by atoms with Crippen LogP contribution in [0.25, 0.3) is 0 Å². The highest BCUT2D eigenvalue weighted by molar-refractivity contribution is 7.91. The van der Waals surface area contributed by atoms with Crippen molar-refractivity contribution < 1.29 is 32.3 Å². The fourth-order valence-corrected chi connectivity index (χ4v) is 7.38. The molecule has 1 rings (SSSR count). The van der Waals surface area contributed by atoms with E-state index in [1.807, 2.05) is 38.1 Å². The van der Waals surface area contributed by atoms with E-state index >= 15 is 0 Å². The number of carbonyl (C=O) groups is 2. The van der Waals surface area contributed by atoms with Gasteiger partial charge in [-0.1, -0.05) is 65.3 Å². The van der Waals surface area contributed by atoms with Gasteiger partial charge in [0.2, 0.25) is 0 Å². The summed E-state index contributed by atoms with van der Waals surface area (Å²) in [5.41, 5.74) is -0.0239. The molecule has 0 bridgehead atoms. The van der Waals surface area contributed by atoms with Gasteiger partial charge in [-0.25, -0.2) is 8.42 Å². The maximum Gasteiger partial charge on any atom is 0.313 e. The highest BCUT2D eigenvalue weighted by atomic mass is 32.2. The van der Waals surface area contributed by atoms with E-state index in [4.69, 9.17) is 9.16 Å². The molecule has 1 aromatic rings. The molecule has 1 N–H and O–H groups in total. The van der Waals surface area contributed by atoms with Gasteiger partial charge in [0.25, 0.3) is 0 Å². The molecule has 0 radical (unpaired) electrons. The number of carbonyl (C=O) groups excluding carboxylic acids is 1. The molecule has 38 heavy (non-hydrogen) atoms. The molecule has 0 aromatic heterocycles. The third kappa shape index (κ3) is 10.8. The van der Waals surface area contributed by atoms with E-state index in [0.29, 0.717) is 31.2 Å². The van der Waals surface area contributed by atoms with Crippen molar-refractivity contribution in [2.45, 2.75) is 111 Å². The number of aliphatic carboxylic acids is 1. The average Bonchev–Trinajstić information content (AvgIpc) is 2.70. The molecule has 2 atom stereocenters. The third-order valence-corrected chi connectivity index (χ3v) is 14.3. The Morgan fingerprint density at radius 2 is 1.66 bits per heavy atom. The summed E-state index contributed by atoms with van der Waals surface area (Å²) in [6.45, 7) is 19.5. The molecule has 0 aliphatic rings. The van der Waals surface area contributed by atoms with Crippen molar-refractivity contribution in [2.24, 2.45) is 5.41 Å². The molecule has 1 aromatic carbocycles. The Balaban J connectivity index is 2.82. The second-order valence-electron chi connectivity index (χ2n) is 13.2. The predicted octanol–water partition coefficient (Wildman–Crippen LogP) is 6.16. The smallest absolute Gasteiger partial charge is 0.313 e. The predicted molar refractivity (Wildman–Crippen MR) is 156 cm³/mol. The van der Waals surface area contributed by atoms with Gasteiger partial charge in [0.15, 0.2) is 18.2 Å². The minimum atomic E-state index is -3.32. The monoisotopic (exact) mass is 570 g/mol. The normalized spacial score (nSPS) is 15.5. The van der Waals surface area contributed by atoms with Crippen LogP contribution in [0.15, 0.2) is 24.3 Å². The average molecular weight is 571 g/mol. The van der Waals surface area contributed by atoms with E-state index in [-0.39, 0.29) is 35.2 Å². The first kappa shape index (κ1) is 34.3. The van der Waals surface area contributed by atoms with E-state index in [0.717, 1.165) is 5.56 Å². The summed E-state index contributed by atoms with van der Waals surface area (Å²) in [5.74, 6) is -1.24. The van der Waals surface area contributed by atoms with Crippen LogP contribution in [0.4, 0.5) is 0 Å². The number of carboxylic acid groups (broad SMARTS) is 1. The first-order valence-electron chi connectivity index (χ1n) is 13.4. The Hall–Kier alpha value is -1.71. The standard InChI is InChI=1S/C29H50O7SSi/c1-22(36-23(2)30)19-24-13-11-14-25(20-24)29(8,26(31)32)16-12-15-28(6,7)21-37(33,34)18-17-35-38(9,10)27(3,4)5/h11,13-14,20,22H,12,15-19,21H2,1-10H3,(H,31,32)/t22-,29+/m0/s1. The van der Waals surface area contributed by atoms with Crippen LogP contribution in [0.1, 0.15) is 85.8 Å². The number of hydrogen-bond donors (Lipinski definition) is 1. The van der Waals surface area contributed by atoms with Crippen LogP contribution in [0.2, 0.25) is 18.1 Å². The summed E-state index contributed by atoms with van der Waals surface area (Å²) >= 11 is 0. The van der Waals surface area contributed by atoms with Crippen LogP contribution < -0.4 is 0 Å². The molecule has 0 aliphatic carbocycles. The van der Waals surface area contributed by atoms with E-state index in [9.17, 15) is 23.1 Å². The van der Waals surface area contributed by atoms with Crippen molar-refractivity contribution in [3.63, 3.8) is 0 Å². The van der Waals surface area contributed by atoms with E-state index in [1.165, 1.54) is 6.92 Å². The van der Waals surface area contributed by atoms with Crippen LogP contribution in [0, 0.1) is 5.41 Å². The van der Waals surface area contributed by atoms with Crippen molar-refractivity contribution in [3.05, 3.63) is 35.4 Å². The molecule has 218 valence electrons. The lowest BCUT2D eigenvalue weighted by Gasteiger charge is -2.36. The number of esters is 1. The first-order chi connectivity index (χ1) is 17.1. The van der Waals surface area contributed by atoms with E-state index in [1.54, 1.807) is 13.8 Å². The Labute approximate surface area is 231 Å². The van der Waals surface area contributed by atoms with E-state index in [2.05, 4.69) is 33.9 Å². The van der Waals surface area contributed by atoms with Crippen LogP contribution in [0.3, 0.4) is 0 Å². The second-order valence-corrected chi connectivity index (χ2v) is 20.2. The first-order valence-corrected chi connectivity index (χ1v) is 18.2. The number of sulfone groups is 1. The van der Waals surface area contributed by atoms with Gasteiger partial charge >= 0.3 is 11.9 Å². The van der Waals surface area contributed by atoms with Crippen LogP contribution in [0.5, 0.6) is 0 Å². The summed E-state index contributed by atoms with van der Waals surface area (Å²) in [4.78, 5) is 23.6. The molecule has 9 heteroatoms. The highest BCUT2D eigenvalue weighted by Gasteiger charge is 2.38. The van der Waals surface area contributed by atoms with Crippen LogP contribution >= 0.6 is 0 Å². The molecule has 0 spiro atoms. The van der Waals surface area contributed by atoms with Gasteiger partial charge in [-0.2, -0.15) is 0 Å². The molecule has 0 aliphatic heterocycles. The van der Waals surface area contributed by atoms with Gasteiger partial charge in [-0.3, -0.25) is 9.59 Å². The number of ether oxygens (including phenoxy) is 1. The number of hydrogen-bond acceptors (Lipinski definition) is 6. The van der Waals surface area contributed by atoms with E-state index < -0.39 is 35.0 Å². The van der Waals surface area contributed by atoms with Crippen molar-refractivity contribution in [1.82, 2.24) is 0 Å². The summed E-state index contributed by atoms with van der Waals surface area (Å²) in [7, 11) is -5.33. The number of carboxylic acids is 1. The molecule has 7 nitrogen and oxygen atoms in total. The Kier molecular flexibility index (Phi) is 11.8. The number of rotatable bonds is 15. The fraction of sp³-hybridized carbons (Fsp3) is 0.724. The van der Waals surface area contributed by atoms with Gasteiger partial charge in [-0.15, -0.1) is 0 Å². The Morgan fingerprint density at radius 1 is 1.05 bits per heavy atom. The topological polar surface area (TPSA) is 107 Å². The Bertz CT molecular complexity index is 1060. The van der Waals surface area contributed by atoms with Gasteiger partial charge in [0.1, 0.15) is 6.10 Å². The zero-order valence-corrected chi connectivity index (χ0v) is 27.0. The molecular weight excluding hydrogens is 520 g/mol. The molecule has 0 saturated heterocycles. The van der Waals surface area contributed by atoms with Crippen molar-refractivity contribution in [2.75, 3.05) is 18.1 Å². The van der Waals surface area contributed by atoms with Crippen molar-refractivity contribution in [1.29, 1.82) is 0 Å². The summed E-state index contributed by atoms with van der Waals surface area (Å²) in [6.07, 6.45) is 1.71. The van der Waals surface area contributed by atoms with Crippen LogP contribution in [-0.4, -0.2) is 58.0 Å². The molecular formula is C29H50O7SSi. The van der Waals surface area contributed by atoms with Gasteiger partial charge in [0.05, 0.1) is 16.9 Å². The lowest BCUT2D eigenvalue weighted by molar-refractivity contribution is -0.145. The van der Waals surface area contributed by atoms with Gasteiger partial charge in [-0.05, 0) is 61.4 Å². The SMILES string of the molecule is CC(=O)O[C@@H](C)Cc1cccc([C@@](C)(CCCC(C)(C)CS(=O)(=O)CCO[Si](C)(C)C(C)(C)C)C(=O)O)c1. The molecule has 0 saturated carbocycles. The molecule has 0 amide bonds. The quantitative estimate of drug-likeness (QED) is 0.199. The lowest BCUT2D eigenvalue weighted by atomic mass is 9.76. The second kappa shape index (κ2) is 13.1. The number of benzene rings is 1. The Morgan fingerprint density at radius 3 is 2.18 bits per heavy atom. The largest absolute Gasteiger partial charge is 0.481 e. The maximum atomic E-state index is 12.9. The van der Waals surface area contributed by atoms with Gasteiger partial charge < -0.3 is 14.3 Å². The summed E-state index contributed by atoms with van der Waals surface area (Å²) in [6, 6.07) is 7.40.